The molecule has 0 spiro atoms. The van der Waals surface area contributed by atoms with E-state index in [2.05, 4.69) is 48.2 Å². The summed E-state index contributed by atoms with van der Waals surface area (Å²) in [7, 11) is 8.21. The van der Waals surface area contributed by atoms with Gasteiger partial charge in [0, 0.05) is 52.0 Å². The van der Waals surface area contributed by atoms with E-state index in [0.29, 0.717) is 25.7 Å². The predicted molar refractivity (Wildman–Crippen MR) is 154 cm³/mol. The van der Waals surface area contributed by atoms with Gasteiger partial charge in [-0.15, -0.1) is 0 Å². The summed E-state index contributed by atoms with van der Waals surface area (Å²) in [6.07, 6.45) is 2.36. The molecule has 1 amide bonds. The maximum Gasteiger partial charge on any atom is 0.248 e. The quantitative estimate of drug-likeness (QED) is 0.382. The summed E-state index contributed by atoms with van der Waals surface area (Å²) < 4.78 is 25.7. The summed E-state index contributed by atoms with van der Waals surface area (Å²) in [5.41, 5.74) is 4.18. The molecule has 0 aliphatic carbocycles. The van der Waals surface area contributed by atoms with Crippen LogP contribution in [0, 0.1) is 13.8 Å². The SMILES string of the molecule is COc1cc(C)c(S(=O)N(C)CCOCC(=O)N(C)Cc2ccc(N3CCC(N(C)C)CC3)cc2)c(C)c1. The van der Waals surface area contributed by atoms with Crippen molar-refractivity contribution in [3.05, 3.63) is 53.1 Å². The van der Waals surface area contributed by atoms with Crippen LogP contribution >= 0.6 is 0 Å². The zero-order valence-corrected chi connectivity index (χ0v) is 24.8. The second kappa shape index (κ2) is 14.1. The maximum atomic E-state index is 13.1. The van der Waals surface area contributed by atoms with E-state index in [1.165, 1.54) is 18.5 Å². The third kappa shape index (κ3) is 8.02. The van der Waals surface area contributed by atoms with Crippen molar-refractivity contribution in [2.75, 3.05) is 73.0 Å². The van der Waals surface area contributed by atoms with Gasteiger partial charge in [-0.05, 0) is 81.7 Å². The first kappa shape index (κ1) is 30.1. The highest BCUT2D eigenvalue weighted by molar-refractivity contribution is 7.82. The molecule has 9 heteroatoms. The van der Waals surface area contributed by atoms with Gasteiger partial charge in [0.1, 0.15) is 23.3 Å². The van der Waals surface area contributed by atoms with Crippen molar-refractivity contribution in [3.63, 3.8) is 0 Å². The first-order chi connectivity index (χ1) is 18.1. The van der Waals surface area contributed by atoms with Crippen LogP contribution in [0.1, 0.15) is 29.5 Å². The van der Waals surface area contributed by atoms with Crippen molar-refractivity contribution in [1.82, 2.24) is 14.1 Å². The molecule has 0 bridgehead atoms. The molecule has 1 heterocycles. The predicted octanol–water partition coefficient (Wildman–Crippen LogP) is 3.47. The number of carbonyl (C=O) groups excluding carboxylic acids is 1. The number of amides is 1. The Morgan fingerprint density at radius 2 is 1.63 bits per heavy atom. The molecule has 0 N–H and O–H groups in total. The van der Waals surface area contributed by atoms with Crippen molar-refractivity contribution in [2.45, 2.75) is 44.2 Å². The van der Waals surface area contributed by atoms with E-state index in [1.807, 2.05) is 26.0 Å². The molecule has 0 aromatic heterocycles. The Labute approximate surface area is 231 Å². The number of rotatable bonds is 12. The Morgan fingerprint density at radius 1 is 1.03 bits per heavy atom. The summed E-state index contributed by atoms with van der Waals surface area (Å²) in [5, 5.41) is 0. The second-order valence-corrected chi connectivity index (χ2v) is 11.9. The third-order valence-electron chi connectivity index (χ3n) is 7.25. The molecular weight excluding hydrogens is 500 g/mol. The summed E-state index contributed by atoms with van der Waals surface area (Å²) in [5.74, 6) is 0.677. The van der Waals surface area contributed by atoms with Crippen molar-refractivity contribution in [3.8, 4) is 5.75 Å². The monoisotopic (exact) mass is 544 g/mol. The van der Waals surface area contributed by atoms with E-state index in [-0.39, 0.29) is 12.5 Å². The van der Waals surface area contributed by atoms with Gasteiger partial charge in [0.2, 0.25) is 5.91 Å². The Kier molecular flexibility index (Phi) is 11.1. The number of hydrogen-bond donors (Lipinski definition) is 0. The van der Waals surface area contributed by atoms with Crippen LogP contribution in [0.2, 0.25) is 0 Å². The first-order valence-corrected chi connectivity index (χ1v) is 14.3. The Bertz CT molecular complexity index is 1060. The van der Waals surface area contributed by atoms with Crippen molar-refractivity contribution >= 4 is 22.6 Å². The normalized spacial score (nSPS) is 15.2. The number of benzene rings is 2. The minimum Gasteiger partial charge on any atom is -0.497 e. The Hall–Kier alpha value is -2.46. The molecule has 3 rings (SSSR count). The molecule has 0 radical (unpaired) electrons. The topological polar surface area (TPSA) is 65.6 Å². The summed E-state index contributed by atoms with van der Waals surface area (Å²) in [6.45, 7) is 7.30. The number of hydrogen-bond acceptors (Lipinski definition) is 6. The average Bonchev–Trinajstić information content (AvgIpc) is 2.90. The fourth-order valence-electron chi connectivity index (χ4n) is 4.82. The standard InChI is InChI=1S/C29H44N4O4S/c1-22-18-27(36-7)19-23(2)29(22)38(35)32(6)16-17-37-21-28(34)31(5)20-24-8-10-26(11-9-24)33-14-12-25(13-15-33)30(3)4/h8-11,18-19,25H,12-17,20-21H2,1-7H3. The van der Waals surface area contributed by atoms with Crippen LogP contribution in [0.3, 0.4) is 0 Å². The number of nitrogens with zero attached hydrogens (tertiary/aromatic N) is 4. The molecule has 1 atom stereocenters. The Morgan fingerprint density at radius 3 is 2.18 bits per heavy atom. The molecule has 2 aromatic carbocycles. The smallest absolute Gasteiger partial charge is 0.248 e. The lowest BCUT2D eigenvalue weighted by Crippen LogP contribution is -2.41. The minimum absolute atomic E-state index is 0.00350. The Balaban J connectivity index is 1.40. The molecule has 210 valence electrons. The largest absolute Gasteiger partial charge is 0.497 e. The molecule has 38 heavy (non-hydrogen) atoms. The van der Waals surface area contributed by atoms with Crippen LogP contribution in [0.4, 0.5) is 5.69 Å². The lowest BCUT2D eigenvalue weighted by molar-refractivity contribution is -0.135. The average molecular weight is 545 g/mol. The highest BCUT2D eigenvalue weighted by Crippen LogP contribution is 2.26. The number of aryl methyl sites for hydroxylation is 2. The molecule has 1 fully saturated rings. The van der Waals surface area contributed by atoms with E-state index in [0.717, 1.165) is 40.4 Å². The molecule has 2 aromatic rings. The highest BCUT2D eigenvalue weighted by atomic mass is 32.2. The summed E-state index contributed by atoms with van der Waals surface area (Å²) in [4.78, 5) is 19.8. The van der Waals surface area contributed by atoms with E-state index >= 15 is 0 Å². The van der Waals surface area contributed by atoms with Gasteiger partial charge in [0.05, 0.1) is 18.6 Å². The van der Waals surface area contributed by atoms with Crippen molar-refractivity contribution < 1.29 is 18.5 Å². The lowest BCUT2D eigenvalue weighted by Gasteiger charge is -2.36. The van der Waals surface area contributed by atoms with Gasteiger partial charge in [-0.1, -0.05) is 12.1 Å². The molecule has 8 nitrogen and oxygen atoms in total. The van der Waals surface area contributed by atoms with Crippen molar-refractivity contribution in [2.24, 2.45) is 0 Å². The van der Waals surface area contributed by atoms with Crippen LogP contribution in [0.15, 0.2) is 41.3 Å². The van der Waals surface area contributed by atoms with E-state index in [1.54, 1.807) is 30.4 Å². The highest BCUT2D eigenvalue weighted by Gasteiger charge is 2.21. The van der Waals surface area contributed by atoms with E-state index in [4.69, 9.17) is 9.47 Å². The van der Waals surface area contributed by atoms with Crippen LogP contribution in [-0.4, -0.2) is 98.4 Å². The van der Waals surface area contributed by atoms with Gasteiger partial charge in [0.25, 0.3) is 0 Å². The number of methoxy groups -OCH3 is 1. The first-order valence-electron chi connectivity index (χ1n) is 13.2. The van der Waals surface area contributed by atoms with Gasteiger partial charge in [0.15, 0.2) is 0 Å². The van der Waals surface area contributed by atoms with Gasteiger partial charge in [-0.25, -0.2) is 8.51 Å². The van der Waals surface area contributed by atoms with E-state index in [9.17, 15) is 9.00 Å². The molecule has 1 aliphatic rings. The number of piperidine rings is 1. The minimum atomic E-state index is -1.32. The lowest BCUT2D eigenvalue weighted by atomic mass is 10.0. The fraction of sp³-hybridized carbons (Fsp3) is 0.552. The number of ether oxygens (including phenoxy) is 2. The van der Waals surface area contributed by atoms with E-state index < -0.39 is 11.0 Å². The van der Waals surface area contributed by atoms with Gasteiger partial charge >= 0.3 is 0 Å². The molecule has 0 saturated carbocycles. The second-order valence-electron chi connectivity index (χ2n) is 10.3. The molecule has 1 unspecified atom stereocenters. The van der Waals surface area contributed by atoms with Crippen LogP contribution in [-0.2, 0) is 27.1 Å². The van der Waals surface area contributed by atoms with Gasteiger partial charge in [-0.2, -0.15) is 0 Å². The van der Waals surface area contributed by atoms with Crippen LogP contribution in [0.5, 0.6) is 5.75 Å². The number of carbonyl (C=O) groups is 1. The van der Waals surface area contributed by atoms with Crippen LogP contribution < -0.4 is 9.64 Å². The fourth-order valence-corrected chi connectivity index (χ4v) is 6.04. The molecular formula is C29H44N4O4S. The molecule has 1 saturated heterocycles. The molecule has 1 aliphatic heterocycles. The zero-order valence-electron chi connectivity index (χ0n) is 24.0. The maximum absolute atomic E-state index is 13.1. The number of anilines is 1. The zero-order chi connectivity index (χ0) is 27.8. The summed E-state index contributed by atoms with van der Waals surface area (Å²) in [6, 6.07) is 13.0. The van der Waals surface area contributed by atoms with Gasteiger partial charge < -0.3 is 24.2 Å². The number of likely N-dealkylation sites (N-methyl/N-ethyl adjacent to an activating group) is 2. The van der Waals surface area contributed by atoms with Crippen LogP contribution in [0.25, 0.3) is 0 Å². The van der Waals surface area contributed by atoms with Gasteiger partial charge in [-0.3, -0.25) is 4.79 Å². The summed E-state index contributed by atoms with van der Waals surface area (Å²) >= 11 is 0. The third-order valence-corrected chi connectivity index (χ3v) is 8.99. The van der Waals surface area contributed by atoms with Crippen molar-refractivity contribution in [1.29, 1.82) is 0 Å².